The van der Waals surface area contributed by atoms with Gasteiger partial charge in [-0.3, -0.25) is 0 Å². The van der Waals surface area contributed by atoms with Crippen LogP contribution >= 0.6 is 0 Å². The maximum atomic E-state index is 13.5. The zero-order valence-corrected chi connectivity index (χ0v) is 10.4. The molecule has 0 saturated heterocycles. The molecule has 0 radical (unpaired) electrons. The van der Waals surface area contributed by atoms with Crippen molar-refractivity contribution >= 4 is 5.97 Å². The van der Waals surface area contributed by atoms with Crippen molar-refractivity contribution in [1.82, 2.24) is 5.16 Å². The van der Waals surface area contributed by atoms with Gasteiger partial charge in [0.25, 0.3) is 5.88 Å². The molecule has 5 nitrogen and oxygen atoms in total. The molecule has 0 bridgehead atoms. The third-order valence-electron chi connectivity index (χ3n) is 2.53. The lowest BCUT2D eigenvalue weighted by Crippen LogP contribution is -2.09. The van der Waals surface area contributed by atoms with Crippen LogP contribution in [-0.4, -0.2) is 18.2 Å². The Balaban J connectivity index is 2.08. The highest BCUT2D eigenvalue weighted by Gasteiger charge is 2.20. The van der Waals surface area contributed by atoms with E-state index in [0.717, 1.165) is 0 Å². The first kappa shape index (κ1) is 13.1. The number of ether oxygens (including phenoxy) is 2. The van der Waals surface area contributed by atoms with E-state index in [4.69, 9.17) is 14.0 Å². The van der Waals surface area contributed by atoms with Crippen molar-refractivity contribution in [3.05, 3.63) is 47.5 Å². The monoisotopic (exact) mass is 265 g/mol. The van der Waals surface area contributed by atoms with Crippen molar-refractivity contribution in [2.45, 2.75) is 13.0 Å². The van der Waals surface area contributed by atoms with Crippen LogP contribution in [0.3, 0.4) is 0 Å². The van der Waals surface area contributed by atoms with Crippen LogP contribution in [-0.2, 0) is 4.74 Å². The summed E-state index contributed by atoms with van der Waals surface area (Å²) in [5, 5.41) is 3.48. The zero-order chi connectivity index (χ0) is 13.8. The largest absolute Gasteiger partial charge is 0.479 e. The van der Waals surface area contributed by atoms with Gasteiger partial charge in [0, 0.05) is 5.56 Å². The Morgan fingerprint density at radius 1 is 1.42 bits per heavy atom. The Kier molecular flexibility index (Phi) is 3.79. The summed E-state index contributed by atoms with van der Waals surface area (Å²) < 4.78 is 28.1. The molecule has 2 aromatic rings. The average Bonchev–Trinajstić information content (AvgIpc) is 2.88. The van der Waals surface area contributed by atoms with Crippen molar-refractivity contribution in [1.29, 1.82) is 0 Å². The summed E-state index contributed by atoms with van der Waals surface area (Å²) in [5.41, 5.74) is 0.294. The molecule has 19 heavy (non-hydrogen) atoms. The van der Waals surface area contributed by atoms with Crippen molar-refractivity contribution in [3.8, 4) is 5.88 Å². The number of hydrogen-bond donors (Lipinski definition) is 0. The SMILES string of the molecule is COc1cc(C(=O)O[C@@H](C)c2ccccc2F)on1. The van der Waals surface area contributed by atoms with Crippen LogP contribution in [0.1, 0.15) is 29.1 Å². The van der Waals surface area contributed by atoms with Crippen molar-refractivity contribution in [2.24, 2.45) is 0 Å². The first-order chi connectivity index (χ1) is 9.11. The molecule has 0 unspecified atom stereocenters. The van der Waals surface area contributed by atoms with Gasteiger partial charge in [-0.2, -0.15) is 0 Å². The predicted molar refractivity (Wildman–Crippen MR) is 63.3 cm³/mol. The molecule has 2 rings (SSSR count). The van der Waals surface area contributed by atoms with Gasteiger partial charge in [-0.15, -0.1) is 0 Å². The van der Waals surface area contributed by atoms with Gasteiger partial charge in [0.2, 0.25) is 5.76 Å². The first-order valence-electron chi connectivity index (χ1n) is 5.58. The molecule has 0 aliphatic carbocycles. The van der Waals surface area contributed by atoms with E-state index in [0.29, 0.717) is 5.56 Å². The molecule has 6 heteroatoms. The topological polar surface area (TPSA) is 61.6 Å². The van der Waals surface area contributed by atoms with Gasteiger partial charge in [0.15, 0.2) is 0 Å². The van der Waals surface area contributed by atoms with E-state index >= 15 is 0 Å². The van der Waals surface area contributed by atoms with E-state index in [9.17, 15) is 9.18 Å². The maximum absolute atomic E-state index is 13.5. The fourth-order valence-corrected chi connectivity index (χ4v) is 1.54. The standard InChI is InChI=1S/C13H12FNO4/c1-8(9-5-3-4-6-10(9)14)18-13(16)11-7-12(17-2)15-19-11/h3-8H,1-2H3/t8-/m0/s1. The normalized spacial score (nSPS) is 11.9. The van der Waals surface area contributed by atoms with Crippen molar-refractivity contribution in [3.63, 3.8) is 0 Å². The smallest absolute Gasteiger partial charge is 0.377 e. The fourth-order valence-electron chi connectivity index (χ4n) is 1.54. The summed E-state index contributed by atoms with van der Waals surface area (Å²) in [6.07, 6.45) is -0.732. The molecule has 0 aliphatic rings. The fraction of sp³-hybridized carbons (Fsp3) is 0.231. The van der Waals surface area contributed by atoms with E-state index < -0.39 is 17.9 Å². The second kappa shape index (κ2) is 5.51. The minimum absolute atomic E-state index is 0.0972. The second-order valence-corrected chi connectivity index (χ2v) is 3.80. The molecule has 0 N–H and O–H groups in total. The predicted octanol–water partition coefficient (Wildman–Crippen LogP) is 2.74. The Hall–Kier alpha value is -2.37. The zero-order valence-electron chi connectivity index (χ0n) is 10.4. The molecule has 1 aromatic carbocycles. The van der Waals surface area contributed by atoms with E-state index in [2.05, 4.69) is 5.16 Å². The Labute approximate surface area is 108 Å². The molecule has 1 aromatic heterocycles. The van der Waals surface area contributed by atoms with Gasteiger partial charge in [-0.1, -0.05) is 18.2 Å². The van der Waals surface area contributed by atoms with Crippen molar-refractivity contribution in [2.75, 3.05) is 7.11 Å². The van der Waals surface area contributed by atoms with E-state index in [1.54, 1.807) is 25.1 Å². The summed E-state index contributed by atoms with van der Waals surface area (Å²) in [6.45, 7) is 1.57. The third-order valence-corrected chi connectivity index (χ3v) is 2.53. The number of benzene rings is 1. The number of rotatable bonds is 4. The first-order valence-corrected chi connectivity index (χ1v) is 5.58. The maximum Gasteiger partial charge on any atom is 0.377 e. The van der Waals surface area contributed by atoms with Crippen LogP contribution in [0.25, 0.3) is 0 Å². The highest BCUT2D eigenvalue weighted by atomic mass is 19.1. The molecular formula is C13H12FNO4. The molecule has 1 heterocycles. The van der Waals surface area contributed by atoms with Crippen LogP contribution in [0.5, 0.6) is 5.88 Å². The number of halogens is 1. The number of hydrogen-bond acceptors (Lipinski definition) is 5. The lowest BCUT2D eigenvalue weighted by Gasteiger charge is -2.12. The Morgan fingerprint density at radius 3 is 2.79 bits per heavy atom. The second-order valence-electron chi connectivity index (χ2n) is 3.80. The number of methoxy groups -OCH3 is 1. The van der Waals surface area contributed by atoms with E-state index in [1.165, 1.54) is 19.2 Å². The Morgan fingerprint density at radius 2 is 2.16 bits per heavy atom. The van der Waals surface area contributed by atoms with Gasteiger partial charge < -0.3 is 14.0 Å². The molecule has 0 fully saturated rings. The summed E-state index contributed by atoms with van der Waals surface area (Å²) in [7, 11) is 1.40. The quantitative estimate of drug-likeness (QED) is 0.795. The van der Waals surface area contributed by atoms with Crippen LogP contribution in [0, 0.1) is 5.82 Å². The van der Waals surface area contributed by atoms with Gasteiger partial charge in [-0.05, 0) is 18.1 Å². The Bertz CT molecular complexity index is 582. The molecule has 0 amide bonds. The molecule has 1 atom stereocenters. The van der Waals surface area contributed by atoms with Crippen molar-refractivity contribution < 1.29 is 23.2 Å². The van der Waals surface area contributed by atoms with E-state index in [-0.39, 0.29) is 11.6 Å². The summed E-state index contributed by atoms with van der Waals surface area (Å²) in [4.78, 5) is 11.7. The summed E-state index contributed by atoms with van der Waals surface area (Å²) in [6, 6.07) is 7.39. The highest BCUT2D eigenvalue weighted by Crippen LogP contribution is 2.22. The van der Waals surface area contributed by atoms with Gasteiger partial charge in [0.1, 0.15) is 11.9 Å². The summed E-state index contributed by atoms with van der Waals surface area (Å²) >= 11 is 0. The van der Waals surface area contributed by atoms with Gasteiger partial charge in [-0.25, -0.2) is 9.18 Å². The number of aromatic nitrogens is 1. The van der Waals surface area contributed by atoms with Gasteiger partial charge >= 0.3 is 5.97 Å². The highest BCUT2D eigenvalue weighted by molar-refractivity contribution is 5.86. The molecule has 0 spiro atoms. The molecule has 0 aliphatic heterocycles. The minimum atomic E-state index is -0.732. The lowest BCUT2D eigenvalue weighted by atomic mass is 10.1. The third kappa shape index (κ3) is 2.90. The number of carbonyl (C=O) groups excluding carboxylic acids is 1. The molecule has 100 valence electrons. The van der Waals surface area contributed by atoms with Crippen LogP contribution < -0.4 is 4.74 Å². The van der Waals surface area contributed by atoms with Gasteiger partial charge in [0.05, 0.1) is 13.2 Å². The molecular weight excluding hydrogens is 253 g/mol. The number of nitrogens with zero attached hydrogens (tertiary/aromatic N) is 1. The molecule has 0 saturated carbocycles. The summed E-state index contributed by atoms with van der Waals surface area (Å²) in [5.74, 6) is -1.09. The van der Waals surface area contributed by atoms with Crippen LogP contribution in [0.2, 0.25) is 0 Å². The van der Waals surface area contributed by atoms with E-state index in [1.807, 2.05) is 0 Å². The number of esters is 1. The number of carbonyl (C=O) groups is 1. The average molecular weight is 265 g/mol. The minimum Gasteiger partial charge on any atom is -0.479 e. The van der Waals surface area contributed by atoms with Crippen LogP contribution in [0.4, 0.5) is 4.39 Å². The van der Waals surface area contributed by atoms with Crippen LogP contribution in [0.15, 0.2) is 34.9 Å². The lowest BCUT2D eigenvalue weighted by molar-refractivity contribution is 0.0285.